The smallest absolute Gasteiger partial charge is 0.225 e. The van der Waals surface area contributed by atoms with Crippen molar-refractivity contribution in [3.63, 3.8) is 0 Å². The first-order valence-corrected chi connectivity index (χ1v) is 7.29. The number of hydrogen-bond acceptors (Lipinski definition) is 3. The van der Waals surface area contributed by atoms with E-state index >= 15 is 0 Å². The Labute approximate surface area is 116 Å². The van der Waals surface area contributed by atoms with Gasteiger partial charge in [0.05, 0.1) is 0 Å². The van der Waals surface area contributed by atoms with Gasteiger partial charge < -0.3 is 4.90 Å². The number of hydrogen-bond donors (Lipinski definition) is 1. The van der Waals surface area contributed by atoms with Gasteiger partial charge in [0, 0.05) is 36.8 Å². The Bertz CT molecular complexity index is 330. The van der Waals surface area contributed by atoms with Gasteiger partial charge in [-0.05, 0) is 26.2 Å². The number of carbonyl (C=O) groups is 1. The van der Waals surface area contributed by atoms with Crippen molar-refractivity contribution < 1.29 is 4.79 Å². The predicted molar refractivity (Wildman–Crippen MR) is 79.8 cm³/mol. The number of rotatable bonds is 6. The fraction of sp³-hybridized carbons (Fsp3) is 0.733. The highest BCUT2D eigenvalue weighted by molar-refractivity contribution is 5.85. The lowest BCUT2D eigenvalue weighted by Crippen LogP contribution is -2.42. The second kappa shape index (κ2) is 7.97. The van der Waals surface area contributed by atoms with Crippen LogP contribution < -0.4 is 5.43 Å². The summed E-state index contributed by atoms with van der Waals surface area (Å²) in [6.07, 6.45) is 5.66. The molecule has 0 aromatic heterocycles. The molecule has 4 heteroatoms. The van der Waals surface area contributed by atoms with E-state index in [0.29, 0.717) is 11.8 Å². The maximum absolute atomic E-state index is 12.2. The van der Waals surface area contributed by atoms with Crippen LogP contribution in [0.1, 0.15) is 46.5 Å². The van der Waals surface area contributed by atoms with E-state index < -0.39 is 0 Å². The van der Waals surface area contributed by atoms with Crippen molar-refractivity contribution in [2.75, 3.05) is 13.1 Å². The third kappa shape index (κ3) is 4.69. The van der Waals surface area contributed by atoms with Crippen LogP contribution in [-0.4, -0.2) is 29.6 Å². The second-order valence-corrected chi connectivity index (χ2v) is 5.38. The molecule has 1 aliphatic heterocycles. The molecule has 1 atom stereocenters. The maximum atomic E-state index is 12.2. The third-order valence-corrected chi connectivity index (χ3v) is 3.87. The summed E-state index contributed by atoms with van der Waals surface area (Å²) in [6.45, 7) is 11.5. The lowest BCUT2D eigenvalue weighted by molar-refractivity contribution is -0.136. The summed E-state index contributed by atoms with van der Waals surface area (Å²) in [7, 11) is 0. The van der Waals surface area contributed by atoms with Crippen LogP contribution in [0, 0.1) is 11.8 Å². The summed E-state index contributed by atoms with van der Waals surface area (Å²) in [6, 6.07) is 0. The highest BCUT2D eigenvalue weighted by Crippen LogP contribution is 2.21. The van der Waals surface area contributed by atoms with Gasteiger partial charge in [0.15, 0.2) is 0 Å². The molecule has 1 rings (SSSR count). The molecule has 1 saturated heterocycles. The average Bonchev–Trinajstić information content (AvgIpc) is 2.44. The van der Waals surface area contributed by atoms with Crippen LogP contribution in [-0.2, 0) is 4.79 Å². The lowest BCUT2D eigenvalue weighted by atomic mass is 9.92. The molecule has 1 heterocycles. The number of nitrogens with zero attached hydrogens (tertiary/aromatic N) is 2. The van der Waals surface area contributed by atoms with E-state index in [1.165, 1.54) is 0 Å². The molecule has 0 radical (unpaired) electrons. The Kier molecular flexibility index (Phi) is 6.60. The van der Waals surface area contributed by atoms with Gasteiger partial charge in [0.2, 0.25) is 5.91 Å². The van der Waals surface area contributed by atoms with E-state index in [1.54, 1.807) is 6.20 Å². The zero-order valence-corrected chi connectivity index (χ0v) is 12.5. The average molecular weight is 265 g/mol. The molecule has 1 aliphatic rings. The Morgan fingerprint density at radius 1 is 1.53 bits per heavy atom. The van der Waals surface area contributed by atoms with E-state index in [1.807, 2.05) is 18.7 Å². The number of nitrogens with one attached hydrogen (secondary N) is 1. The highest BCUT2D eigenvalue weighted by Gasteiger charge is 2.26. The SMILES string of the molecule is C=CN/N=C(\C)C1CCN(C(=O)C(C)CCC)CC1. The van der Waals surface area contributed by atoms with Crippen LogP contribution in [0.5, 0.6) is 0 Å². The fourth-order valence-corrected chi connectivity index (χ4v) is 2.62. The summed E-state index contributed by atoms with van der Waals surface area (Å²) < 4.78 is 0. The molecule has 19 heavy (non-hydrogen) atoms. The van der Waals surface area contributed by atoms with Gasteiger partial charge >= 0.3 is 0 Å². The van der Waals surface area contributed by atoms with Crippen LogP contribution in [0.15, 0.2) is 17.9 Å². The Morgan fingerprint density at radius 2 is 2.16 bits per heavy atom. The monoisotopic (exact) mass is 265 g/mol. The number of carbonyl (C=O) groups excluding carboxylic acids is 1. The van der Waals surface area contributed by atoms with E-state index in [4.69, 9.17) is 0 Å². The Hall–Kier alpha value is -1.32. The largest absolute Gasteiger partial charge is 0.342 e. The predicted octanol–water partition coefficient (Wildman–Crippen LogP) is 2.77. The first-order chi connectivity index (χ1) is 9.10. The molecule has 0 aromatic carbocycles. The summed E-state index contributed by atoms with van der Waals surface area (Å²) >= 11 is 0. The molecule has 0 spiro atoms. The van der Waals surface area contributed by atoms with Crippen molar-refractivity contribution in [2.45, 2.75) is 46.5 Å². The number of likely N-dealkylation sites (tertiary alicyclic amines) is 1. The topological polar surface area (TPSA) is 44.7 Å². The number of piperidine rings is 1. The van der Waals surface area contributed by atoms with E-state index in [9.17, 15) is 4.79 Å². The van der Waals surface area contributed by atoms with Crippen molar-refractivity contribution >= 4 is 11.6 Å². The van der Waals surface area contributed by atoms with E-state index in [-0.39, 0.29) is 5.92 Å². The van der Waals surface area contributed by atoms with Crippen LogP contribution in [0.25, 0.3) is 0 Å². The van der Waals surface area contributed by atoms with Gasteiger partial charge in [-0.1, -0.05) is 26.8 Å². The number of amides is 1. The van der Waals surface area contributed by atoms with E-state index in [0.717, 1.165) is 44.5 Å². The molecule has 1 N–H and O–H groups in total. The molecule has 1 amide bonds. The summed E-state index contributed by atoms with van der Waals surface area (Å²) in [4.78, 5) is 14.2. The Morgan fingerprint density at radius 3 is 2.68 bits per heavy atom. The second-order valence-electron chi connectivity index (χ2n) is 5.38. The molecule has 1 unspecified atom stereocenters. The molecule has 0 saturated carbocycles. The van der Waals surface area contributed by atoms with Crippen molar-refractivity contribution in [1.82, 2.24) is 10.3 Å². The molecule has 0 bridgehead atoms. The van der Waals surface area contributed by atoms with Gasteiger partial charge in [0.25, 0.3) is 0 Å². The van der Waals surface area contributed by atoms with Crippen LogP contribution in [0.2, 0.25) is 0 Å². The zero-order valence-electron chi connectivity index (χ0n) is 12.5. The van der Waals surface area contributed by atoms with Gasteiger partial charge in [-0.2, -0.15) is 5.10 Å². The van der Waals surface area contributed by atoms with Crippen LogP contribution in [0.3, 0.4) is 0 Å². The van der Waals surface area contributed by atoms with Gasteiger partial charge in [-0.3, -0.25) is 10.2 Å². The number of hydrazone groups is 1. The first kappa shape index (κ1) is 15.7. The van der Waals surface area contributed by atoms with Crippen LogP contribution >= 0.6 is 0 Å². The van der Waals surface area contributed by atoms with Gasteiger partial charge in [-0.25, -0.2) is 0 Å². The van der Waals surface area contributed by atoms with Crippen LogP contribution in [0.4, 0.5) is 0 Å². The fourth-order valence-electron chi connectivity index (χ4n) is 2.62. The molecule has 1 fully saturated rings. The first-order valence-electron chi connectivity index (χ1n) is 7.29. The molecule has 4 nitrogen and oxygen atoms in total. The van der Waals surface area contributed by atoms with Crippen molar-refractivity contribution in [3.05, 3.63) is 12.8 Å². The highest BCUT2D eigenvalue weighted by atomic mass is 16.2. The molecule has 0 aromatic rings. The summed E-state index contributed by atoms with van der Waals surface area (Å²) in [5.41, 5.74) is 3.89. The standard InChI is InChI=1S/C15H27N3O/c1-5-7-12(3)15(19)18-10-8-14(9-11-18)13(4)17-16-6-2/h6,12,14,16H,2,5,7-11H2,1,3-4H3/b17-13+. The normalized spacial score (nSPS) is 19.1. The quantitative estimate of drug-likeness (QED) is 0.593. The van der Waals surface area contributed by atoms with Gasteiger partial charge in [-0.15, -0.1) is 0 Å². The van der Waals surface area contributed by atoms with Crippen molar-refractivity contribution in [1.29, 1.82) is 0 Å². The third-order valence-electron chi connectivity index (χ3n) is 3.87. The minimum atomic E-state index is 0.166. The summed E-state index contributed by atoms with van der Waals surface area (Å²) in [5.74, 6) is 0.968. The van der Waals surface area contributed by atoms with Crippen molar-refractivity contribution in [3.8, 4) is 0 Å². The minimum absolute atomic E-state index is 0.166. The van der Waals surface area contributed by atoms with E-state index in [2.05, 4.69) is 24.0 Å². The van der Waals surface area contributed by atoms with Crippen molar-refractivity contribution in [2.24, 2.45) is 16.9 Å². The molecule has 108 valence electrons. The zero-order chi connectivity index (χ0) is 14.3. The minimum Gasteiger partial charge on any atom is -0.342 e. The lowest BCUT2D eigenvalue weighted by Gasteiger charge is -2.33. The maximum Gasteiger partial charge on any atom is 0.225 e. The summed E-state index contributed by atoms with van der Waals surface area (Å²) in [5, 5.41) is 4.25. The molecular formula is C15H27N3O. The van der Waals surface area contributed by atoms with Gasteiger partial charge in [0.1, 0.15) is 0 Å². The molecular weight excluding hydrogens is 238 g/mol. The molecule has 0 aliphatic carbocycles. The Balaban J connectivity index is 2.44.